The molecule has 3 heteroatoms. The molecule has 3 nitrogen and oxygen atoms in total. The molecule has 0 radical (unpaired) electrons. The molecule has 23 heavy (non-hydrogen) atoms. The molecular weight excluding hydrogens is 286 g/mol. The summed E-state index contributed by atoms with van der Waals surface area (Å²) in [5.74, 6) is -0.0365. The standard InChI is InChI=1S/C20H39NO2/c1-2-3-4-5-6-7-8-9-10-11-12-13-16-19(22)20(23)21-17-14-15-18-21/h19,22H,2-18H2,1H3. The average Bonchev–Trinajstić information content (AvgIpc) is 3.09. The van der Waals surface area contributed by atoms with Crippen LogP contribution in [-0.4, -0.2) is 35.1 Å². The summed E-state index contributed by atoms with van der Waals surface area (Å²) >= 11 is 0. The van der Waals surface area contributed by atoms with Crippen molar-refractivity contribution in [1.29, 1.82) is 0 Å². The summed E-state index contributed by atoms with van der Waals surface area (Å²) in [4.78, 5) is 13.8. The molecule has 1 fully saturated rings. The number of aliphatic hydroxyl groups excluding tert-OH is 1. The molecule has 0 saturated carbocycles. The highest BCUT2D eigenvalue weighted by Crippen LogP contribution is 2.15. The summed E-state index contributed by atoms with van der Waals surface area (Å²) in [6.45, 7) is 3.95. The quantitative estimate of drug-likeness (QED) is 0.453. The highest BCUT2D eigenvalue weighted by molar-refractivity contribution is 5.80. The molecule has 1 atom stereocenters. The van der Waals surface area contributed by atoms with Crippen molar-refractivity contribution in [2.45, 2.75) is 109 Å². The van der Waals surface area contributed by atoms with Crippen LogP contribution >= 0.6 is 0 Å². The van der Waals surface area contributed by atoms with Gasteiger partial charge < -0.3 is 10.0 Å². The maximum absolute atomic E-state index is 12.0. The molecule has 1 amide bonds. The number of unbranched alkanes of at least 4 members (excludes halogenated alkanes) is 11. The lowest BCUT2D eigenvalue weighted by Gasteiger charge is -2.19. The Balaban J connectivity index is 1.83. The second kappa shape index (κ2) is 13.8. The van der Waals surface area contributed by atoms with E-state index in [0.717, 1.165) is 38.8 Å². The summed E-state index contributed by atoms with van der Waals surface area (Å²) in [7, 11) is 0. The SMILES string of the molecule is CCCCCCCCCCCCCCC(O)C(=O)N1CCCC1. The first-order chi connectivity index (χ1) is 11.3. The van der Waals surface area contributed by atoms with E-state index in [1.165, 1.54) is 64.2 Å². The molecule has 1 heterocycles. The van der Waals surface area contributed by atoms with Gasteiger partial charge in [0, 0.05) is 13.1 Å². The Morgan fingerprint density at radius 2 is 1.26 bits per heavy atom. The van der Waals surface area contributed by atoms with Gasteiger partial charge in [-0.05, 0) is 19.3 Å². The van der Waals surface area contributed by atoms with E-state index in [-0.39, 0.29) is 5.91 Å². The molecule has 1 saturated heterocycles. The lowest BCUT2D eigenvalue weighted by atomic mass is 10.0. The minimum absolute atomic E-state index is 0.0365. The van der Waals surface area contributed by atoms with Gasteiger partial charge in [-0.1, -0.05) is 84.0 Å². The van der Waals surface area contributed by atoms with Crippen LogP contribution in [0.25, 0.3) is 0 Å². The van der Waals surface area contributed by atoms with Crippen molar-refractivity contribution in [3.63, 3.8) is 0 Å². The second-order valence-corrected chi connectivity index (χ2v) is 7.23. The van der Waals surface area contributed by atoms with Gasteiger partial charge in [-0.25, -0.2) is 0 Å². The highest BCUT2D eigenvalue weighted by atomic mass is 16.3. The van der Waals surface area contributed by atoms with E-state index >= 15 is 0 Å². The van der Waals surface area contributed by atoms with Crippen LogP contribution in [0.2, 0.25) is 0 Å². The predicted octanol–water partition coefficient (Wildman–Crippen LogP) is 5.06. The van der Waals surface area contributed by atoms with Crippen LogP contribution in [0.3, 0.4) is 0 Å². The van der Waals surface area contributed by atoms with Gasteiger partial charge in [0.2, 0.25) is 0 Å². The number of carbonyl (C=O) groups is 1. The van der Waals surface area contributed by atoms with Crippen molar-refractivity contribution < 1.29 is 9.90 Å². The number of hydrogen-bond acceptors (Lipinski definition) is 2. The molecule has 1 rings (SSSR count). The smallest absolute Gasteiger partial charge is 0.251 e. The van der Waals surface area contributed by atoms with Crippen LogP contribution in [-0.2, 0) is 4.79 Å². The molecule has 0 spiro atoms. The predicted molar refractivity (Wildman–Crippen MR) is 97.5 cm³/mol. The molecule has 0 aliphatic carbocycles. The minimum atomic E-state index is -0.753. The van der Waals surface area contributed by atoms with E-state index < -0.39 is 6.10 Å². The van der Waals surface area contributed by atoms with Crippen molar-refractivity contribution in [2.24, 2.45) is 0 Å². The lowest BCUT2D eigenvalue weighted by molar-refractivity contribution is -0.139. The number of rotatable bonds is 14. The lowest BCUT2D eigenvalue weighted by Crippen LogP contribution is -2.37. The number of hydrogen-bond donors (Lipinski definition) is 1. The van der Waals surface area contributed by atoms with Crippen LogP contribution < -0.4 is 0 Å². The van der Waals surface area contributed by atoms with Crippen molar-refractivity contribution in [2.75, 3.05) is 13.1 Å². The number of likely N-dealkylation sites (tertiary alicyclic amines) is 1. The molecule has 0 aromatic heterocycles. The van der Waals surface area contributed by atoms with E-state index in [1.54, 1.807) is 0 Å². The number of amides is 1. The summed E-state index contributed by atoms with van der Waals surface area (Å²) in [6, 6.07) is 0. The Hall–Kier alpha value is -0.570. The monoisotopic (exact) mass is 325 g/mol. The zero-order valence-electron chi connectivity index (χ0n) is 15.4. The molecule has 136 valence electrons. The summed E-state index contributed by atoms with van der Waals surface area (Å²) < 4.78 is 0. The van der Waals surface area contributed by atoms with Crippen LogP contribution in [0.15, 0.2) is 0 Å². The van der Waals surface area contributed by atoms with Crippen LogP contribution in [0.4, 0.5) is 0 Å². The first-order valence-electron chi connectivity index (χ1n) is 10.2. The summed E-state index contributed by atoms with van der Waals surface area (Å²) in [5, 5.41) is 9.95. The largest absolute Gasteiger partial charge is 0.383 e. The fourth-order valence-electron chi connectivity index (χ4n) is 3.45. The number of nitrogens with zero attached hydrogens (tertiary/aromatic N) is 1. The summed E-state index contributed by atoms with van der Waals surface area (Å²) in [6.07, 6.45) is 17.9. The third-order valence-corrected chi connectivity index (χ3v) is 5.03. The first kappa shape index (κ1) is 20.5. The van der Waals surface area contributed by atoms with Gasteiger partial charge in [-0.15, -0.1) is 0 Å². The fraction of sp³-hybridized carbons (Fsp3) is 0.950. The Labute approximate surface area is 143 Å². The van der Waals surface area contributed by atoms with Crippen molar-refractivity contribution >= 4 is 5.91 Å². The van der Waals surface area contributed by atoms with E-state index in [9.17, 15) is 9.90 Å². The minimum Gasteiger partial charge on any atom is -0.383 e. The van der Waals surface area contributed by atoms with Gasteiger partial charge in [0.25, 0.3) is 5.91 Å². The highest BCUT2D eigenvalue weighted by Gasteiger charge is 2.23. The van der Waals surface area contributed by atoms with Gasteiger partial charge in [0.1, 0.15) is 6.10 Å². The van der Waals surface area contributed by atoms with Gasteiger partial charge in [0.05, 0.1) is 0 Å². The van der Waals surface area contributed by atoms with Crippen LogP contribution in [0, 0.1) is 0 Å². The maximum atomic E-state index is 12.0. The topological polar surface area (TPSA) is 40.5 Å². The van der Waals surface area contributed by atoms with E-state index in [4.69, 9.17) is 0 Å². The molecule has 1 N–H and O–H groups in total. The van der Waals surface area contributed by atoms with Crippen LogP contribution in [0.5, 0.6) is 0 Å². The average molecular weight is 326 g/mol. The Bertz CT molecular complexity index is 287. The molecule has 1 unspecified atom stereocenters. The van der Waals surface area contributed by atoms with Crippen LogP contribution in [0.1, 0.15) is 103 Å². The summed E-state index contributed by atoms with van der Waals surface area (Å²) in [5.41, 5.74) is 0. The molecule has 0 bridgehead atoms. The van der Waals surface area contributed by atoms with E-state index in [1.807, 2.05) is 4.90 Å². The second-order valence-electron chi connectivity index (χ2n) is 7.23. The number of carbonyl (C=O) groups excluding carboxylic acids is 1. The zero-order valence-corrected chi connectivity index (χ0v) is 15.4. The zero-order chi connectivity index (χ0) is 16.8. The van der Waals surface area contributed by atoms with Crippen molar-refractivity contribution in [3.8, 4) is 0 Å². The Morgan fingerprint density at radius 3 is 1.74 bits per heavy atom. The van der Waals surface area contributed by atoms with Crippen molar-refractivity contribution in [1.82, 2.24) is 4.90 Å². The molecule has 0 aromatic rings. The Morgan fingerprint density at radius 1 is 0.826 bits per heavy atom. The van der Waals surface area contributed by atoms with Gasteiger partial charge in [-0.3, -0.25) is 4.79 Å². The van der Waals surface area contributed by atoms with Gasteiger partial charge in [-0.2, -0.15) is 0 Å². The van der Waals surface area contributed by atoms with E-state index in [2.05, 4.69) is 6.92 Å². The maximum Gasteiger partial charge on any atom is 0.251 e. The van der Waals surface area contributed by atoms with Crippen molar-refractivity contribution in [3.05, 3.63) is 0 Å². The van der Waals surface area contributed by atoms with Gasteiger partial charge >= 0.3 is 0 Å². The third-order valence-electron chi connectivity index (χ3n) is 5.03. The van der Waals surface area contributed by atoms with E-state index in [0.29, 0.717) is 6.42 Å². The fourth-order valence-corrected chi connectivity index (χ4v) is 3.45. The normalized spacial score (nSPS) is 16.0. The first-order valence-corrected chi connectivity index (χ1v) is 10.2. The molecule has 1 aliphatic rings. The Kier molecular flexibility index (Phi) is 12.3. The number of aliphatic hydroxyl groups is 1. The molecular formula is C20H39NO2. The molecule has 0 aromatic carbocycles. The van der Waals surface area contributed by atoms with Gasteiger partial charge in [0.15, 0.2) is 0 Å². The molecule has 1 aliphatic heterocycles. The third kappa shape index (κ3) is 10.0.